The summed E-state index contributed by atoms with van der Waals surface area (Å²) in [4.78, 5) is 0. The maximum Gasteiger partial charge on any atom is 0.0710 e. The Morgan fingerprint density at radius 3 is 2.28 bits per heavy atom. The van der Waals surface area contributed by atoms with Crippen LogP contribution in [-0.4, -0.2) is 10.2 Å². The fourth-order valence-electron chi connectivity index (χ4n) is 2.07. The van der Waals surface area contributed by atoms with Gasteiger partial charge in [0.25, 0.3) is 0 Å². The van der Waals surface area contributed by atoms with Gasteiger partial charge in [-0.2, -0.15) is 23.0 Å². The molecule has 0 atom stereocenters. The zero-order valence-electron chi connectivity index (χ0n) is 10.9. The molecule has 1 aromatic carbocycles. The fraction of sp³-hybridized carbons (Fsp3) is 0.333. The minimum absolute atomic E-state index is 0. The van der Waals surface area contributed by atoms with E-state index < -0.39 is 0 Å². The summed E-state index contributed by atoms with van der Waals surface area (Å²) in [5, 5.41) is 11.0. The smallest absolute Gasteiger partial charge is 0.0710 e. The van der Waals surface area contributed by atoms with E-state index in [1.807, 2.05) is 13.0 Å². The molecule has 0 aliphatic carbocycles. The number of hydrogen-bond acceptors (Lipinski definition) is 2. The van der Waals surface area contributed by atoms with Crippen LogP contribution in [0.15, 0.2) is 24.3 Å². The molecular weight excluding hydrogens is 297 g/mol. The number of fused-ring (bicyclic) bond motifs is 1. The molecule has 18 heavy (non-hydrogen) atoms. The van der Waals surface area contributed by atoms with Crippen LogP contribution in [0.5, 0.6) is 0 Å². The minimum atomic E-state index is 0. The van der Waals surface area contributed by atoms with Gasteiger partial charge in [0.15, 0.2) is 0 Å². The Balaban J connectivity index is 0.00000162. The monoisotopic (exact) mass is 315 g/mol. The third-order valence-corrected chi connectivity index (χ3v) is 3.25. The molecule has 0 N–H and O–H groups in total. The summed E-state index contributed by atoms with van der Waals surface area (Å²) in [7, 11) is 0. The average Bonchev–Trinajstić information content (AvgIpc) is 2.38. The first-order valence-corrected chi connectivity index (χ1v) is 6.05. The molecule has 0 saturated carbocycles. The van der Waals surface area contributed by atoms with Crippen LogP contribution in [-0.2, 0) is 39.1 Å². The van der Waals surface area contributed by atoms with E-state index in [2.05, 4.69) is 42.2 Å². The summed E-state index contributed by atoms with van der Waals surface area (Å²) >= 11 is 0. The maximum atomic E-state index is 4.34. The van der Waals surface area contributed by atoms with Crippen LogP contribution >= 0.6 is 0 Å². The van der Waals surface area contributed by atoms with Gasteiger partial charge in [0.2, 0.25) is 0 Å². The Hall–Kier alpha value is -0.336. The van der Waals surface area contributed by atoms with Crippen LogP contribution < -0.4 is 0 Å². The molecule has 0 aliphatic heterocycles. The Morgan fingerprint density at radius 1 is 1.06 bits per heavy atom. The molecule has 2 nitrogen and oxygen atoms in total. The van der Waals surface area contributed by atoms with Crippen LogP contribution in [0.1, 0.15) is 24.2 Å². The van der Waals surface area contributed by atoms with E-state index in [-0.39, 0.29) is 32.7 Å². The molecule has 93 valence electrons. The first-order chi connectivity index (χ1) is 8.26. The second kappa shape index (κ2) is 7.30. The molecule has 1 aromatic heterocycles. The van der Waals surface area contributed by atoms with Crippen LogP contribution in [0.25, 0.3) is 10.8 Å². The summed E-state index contributed by atoms with van der Waals surface area (Å²) in [6.07, 6.45) is 2.71. The second-order valence-electron chi connectivity index (χ2n) is 4.43. The van der Waals surface area contributed by atoms with E-state index in [4.69, 9.17) is 0 Å². The molecule has 1 heterocycles. The zero-order chi connectivity index (χ0) is 12.3. The first-order valence-electron chi connectivity index (χ1n) is 6.05. The predicted octanol–water partition coefficient (Wildman–Crippen LogP) is 3.54. The fourth-order valence-corrected chi connectivity index (χ4v) is 2.07. The van der Waals surface area contributed by atoms with E-state index in [0.717, 1.165) is 30.7 Å². The van der Waals surface area contributed by atoms with E-state index in [1.165, 1.54) is 10.8 Å². The Kier molecular flexibility index (Phi) is 6.38. The number of hydrogen-bond donors (Lipinski definition) is 0. The summed E-state index contributed by atoms with van der Waals surface area (Å²) in [5.74, 6) is 0.496. The van der Waals surface area contributed by atoms with Crippen LogP contribution in [0.4, 0.5) is 0 Å². The maximum absolute atomic E-state index is 4.34. The topological polar surface area (TPSA) is 25.8 Å². The molecule has 0 spiro atoms. The van der Waals surface area contributed by atoms with Crippen LogP contribution in [0, 0.1) is 26.7 Å². The largest absolute Gasteiger partial charge is 0.343 e. The Labute approximate surface area is 134 Å². The first kappa shape index (κ1) is 15.7. The van der Waals surface area contributed by atoms with Crippen molar-refractivity contribution in [2.45, 2.75) is 26.2 Å². The van der Waals surface area contributed by atoms with Crippen molar-refractivity contribution in [1.82, 2.24) is 10.2 Å². The average molecular weight is 315 g/mol. The molecule has 2 aromatic rings. The van der Waals surface area contributed by atoms with Crippen molar-refractivity contribution in [2.75, 3.05) is 0 Å². The standard InChI is InChI=1S/C15H18N2.Y/c1-4-12(5-2)10-15-14-9-7-6-8-13(14)11(3)16-17-15;/h6-9,12H,1-2,4-5,10H2,3H3;/q-2;. The van der Waals surface area contributed by atoms with Gasteiger partial charge < -0.3 is 13.8 Å². The van der Waals surface area contributed by atoms with Gasteiger partial charge in [-0.25, -0.2) is 0 Å². The molecule has 0 fully saturated rings. The normalized spacial score (nSPS) is 10.7. The third-order valence-electron chi connectivity index (χ3n) is 3.25. The molecule has 3 heteroatoms. The summed E-state index contributed by atoms with van der Waals surface area (Å²) in [6.45, 7) is 9.92. The van der Waals surface area contributed by atoms with Gasteiger partial charge in [0, 0.05) is 43.5 Å². The summed E-state index contributed by atoms with van der Waals surface area (Å²) < 4.78 is 0. The Bertz CT molecular complexity index is 507. The summed E-state index contributed by atoms with van der Waals surface area (Å²) in [5.41, 5.74) is 2.06. The van der Waals surface area contributed by atoms with E-state index >= 15 is 0 Å². The van der Waals surface area contributed by atoms with Gasteiger partial charge >= 0.3 is 0 Å². The SMILES string of the molecule is [CH2-]CC(C[CH2-])Cc1nnc(C)c2ccccc12.[Y]. The van der Waals surface area contributed by atoms with Crippen molar-refractivity contribution in [3.63, 3.8) is 0 Å². The van der Waals surface area contributed by atoms with Crippen molar-refractivity contribution in [3.8, 4) is 0 Å². The van der Waals surface area contributed by atoms with Crippen molar-refractivity contribution in [3.05, 3.63) is 49.5 Å². The van der Waals surface area contributed by atoms with Crippen molar-refractivity contribution in [1.29, 1.82) is 0 Å². The molecule has 0 saturated heterocycles. The zero-order valence-corrected chi connectivity index (χ0v) is 13.7. The van der Waals surface area contributed by atoms with E-state index in [0.29, 0.717) is 5.92 Å². The van der Waals surface area contributed by atoms with Gasteiger partial charge in [0.05, 0.1) is 11.4 Å². The van der Waals surface area contributed by atoms with Crippen molar-refractivity contribution < 1.29 is 32.7 Å². The van der Waals surface area contributed by atoms with Gasteiger partial charge in [-0.15, -0.1) is 0 Å². The molecule has 0 bridgehead atoms. The Morgan fingerprint density at radius 2 is 1.67 bits per heavy atom. The van der Waals surface area contributed by atoms with Crippen molar-refractivity contribution >= 4 is 10.8 Å². The van der Waals surface area contributed by atoms with E-state index in [9.17, 15) is 0 Å². The third kappa shape index (κ3) is 3.36. The summed E-state index contributed by atoms with van der Waals surface area (Å²) in [6, 6.07) is 8.32. The van der Waals surface area contributed by atoms with Gasteiger partial charge in [-0.1, -0.05) is 30.2 Å². The van der Waals surface area contributed by atoms with Crippen LogP contribution in [0.3, 0.4) is 0 Å². The molecule has 0 amide bonds. The number of nitrogens with zero attached hydrogens (tertiary/aromatic N) is 2. The van der Waals surface area contributed by atoms with E-state index in [1.54, 1.807) is 0 Å². The minimum Gasteiger partial charge on any atom is -0.343 e. The number of rotatable bonds is 4. The molecule has 0 aliphatic rings. The number of aromatic nitrogens is 2. The van der Waals surface area contributed by atoms with Gasteiger partial charge in [0.1, 0.15) is 0 Å². The second-order valence-corrected chi connectivity index (χ2v) is 4.43. The quantitative estimate of drug-likeness (QED) is 0.807. The molecule has 1 radical (unpaired) electrons. The number of aryl methyl sites for hydroxylation is 1. The molecule has 0 unspecified atom stereocenters. The predicted molar refractivity (Wildman–Crippen MR) is 71.4 cm³/mol. The van der Waals surface area contributed by atoms with Crippen molar-refractivity contribution in [2.24, 2.45) is 5.92 Å². The molecular formula is C15H18N2Y-2. The van der Waals surface area contributed by atoms with Crippen LogP contribution in [0.2, 0.25) is 0 Å². The van der Waals surface area contributed by atoms with Gasteiger partial charge in [-0.05, 0) is 13.3 Å². The van der Waals surface area contributed by atoms with Gasteiger partial charge in [-0.3, -0.25) is 0 Å². The molecule has 2 rings (SSSR count). The number of benzene rings is 1.